The zero-order valence-corrected chi connectivity index (χ0v) is 9.88. The van der Waals surface area contributed by atoms with Gasteiger partial charge in [0.15, 0.2) is 0 Å². The lowest BCUT2D eigenvalue weighted by Gasteiger charge is -2.07. The van der Waals surface area contributed by atoms with E-state index in [1.165, 1.54) is 11.6 Å². The van der Waals surface area contributed by atoms with Crippen LogP contribution in [0.25, 0.3) is 11.0 Å². The highest BCUT2D eigenvalue weighted by atomic mass is 32.1. The maximum atomic E-state index is 11.9. The Bertz CT molecular complexity index is 753. The largest absolute Gasteiger partial charge is 0.332 e. The fourth-order valence-corrected chi connectivity index (χ4v) is 1.91. The molecule has 16 heavy (non-hydrogen) atoms. The summed E-state index contributed by atoms with van der Waals surface area (Å²) in [5.41, 5.74) is -0.411. The first-order valence-corrected chi connectivity index (χ1v) is 5.01. The summed E-state index contributed by atoms with van der Waals surface area (Å²) in [5, 5.41) is 0.269. The number of hydrogen-bond acceptors (Lipinski definition) is 4. The van der Waals surface area contributed by atoms with E-state index < -0.39 is 11.2 Å². The van der Waals surface area contributed by atoms with Crippen molar-refractivity contribution in [3.05, 3.63) is 31.3 Å². The van der Waals surface area contributed by atoms with E-state index in [0.717, 1.165) is 4.57 Å². The van der Waals surface area contributed by atoms with Gasteiger partial charge in [0.1, 0.15) is 21.5 Å². The van der Waals surface area contributed by atoms with Crippen LogP contribution in [-0.4, -0.2) is 19.1 Å². The molecule has 2 rings (SSSR count). The minimum atomic E-state index is -0.424. The van der Waals surface area contributed by atoms with Gasteiger partial charge >= 0.3 is 5.69 Å². The zero-order valence-electron chi connectivity index (χ0n) is 9.07. The molecule has 2 aromatic heterocycles. The van der Waals surface area contributed by atoms with Crippen LogP contribution < -0.4 is 11.2 Å². The number of hydrogen-bond donors (Lipinski definition) is 1. The molecule has 0 spiro atoms. The third kappa shape index (κ3) is 1.32. The Kier molecular flexibility index (Phi) is 2.27. The second kappa shape index (κ2) is 3.38. The molecular formula is C9H10N4O2S. The molecule has 0 aliphatic rings. The number of aromatic amines is 1. The van der Waals surface area contributed by atoms with Crippen LogP contribution in [-0.2, 0) is 14.1 Å². The van der Waals surface area contributed by atoms with Gasteiger partial charge in [-0.05, 0) is 6.92 Å². The molecule has 0 saturated carbocycles. The molecule has 0 saturated heterocycles. The van der Waals surface area contributed by atoms with Crippen LogP contribution in [0.15, 0.2) is 9.59 Å². The molecule has 0 bridgehead atoms. The third-order valence-corrected chi connectivity index (χ3v) is 2.74. The molecule has 7 heteroatoms. The molecule has 0 aliphatic carbocycles. The number of nitrogens with zero attached hydrogens (tertiary/aromatic N) is 3. The zero-order chi connectivity index (χ0) is 12.0. The smallest absolute Gasteiger partial charge is 0.329 e. The van der Waals surface area contributed by atoms with Crippen molar-refractivity contribution >= 4 is 23.3 Å². The molecule has 0 amide bonds. The summed E-state index contributed by atoms with van der Waals surface area (Å²) >= 11 is 5.03. The number of H-pyrrole nitrogens is 1. The van der Waals surface area contributed by atoms with E-state index in [-0.39, 0.29) is 10.0 Å². The molecule has 1 N–H and O–H groups in total. The highest BCUT2D eigenvalue weighted by Gasteiger charge is 2.10. The van der Waals surface area contributed by atoms with Crippen molar-refractivity contribution in [1.29, 1.82) is 0 Å². The van der Waals surface area contributed by atoms with Gasteiger partial charge in [-0.15, -0.1) is 0 Å². The van der Waals surface area contributed by atoms with E-state index in [1.54, 1.807) is 14.0 Å². The van der Waals surface area contributed by atoms with Gasteiger partial charge in [0, 0.05) is 14.1 Å². The average molecular weight is 238 g/mol. The van der Waals surface area contributed by atoms with Crippen LogP contribution in [0.4, 0.5) is 0 Å². The average Bonchev–Trinajstić information content (AvgIpc) is 2.22. The van der Waals surface area contributed by atoms with Crippen molar-refractivity contribution in [3.8, 4) is 0 Å². The topological polar surface area (TPSA) is 72.7 Å². The molecule has 0 fully saturated rings. The highest BCUT2D eigenvalue weighted by molar-refractivity contribution is 7.71. The quantitative estimate of drug-likeness (QED) is 0.656. The monoisotopic (exact) mass is 238 g/mol. The van der Waals surface area contributed by atoms with Crippen molar-refractivity contribution in [1.82, 2.24) is 19.1 Å². The molecule has 0 aromatic carbocycles. The Balaban J connectivity index is 3.29. The highest BCUT2D eigenvalue weighted by Crippen LogP contribution is 2.04. The van der Waals surface area contributed by atoms with E-state index in [1.807, 2.05) is 0 Å². The van der Waals surface area contributed by atoms with Crippen LogP contribution in [0.1, 0.15) is 5.82 Å². The summed E-state index contributed by atoms with van der Waals surface area (Å²) in [6, 6.07) is 0. The van der Waals surface area contributed by atoms with E-state index in [0.29, 0.717) is 11.5 Å². The third-order valence-electron chi connectivity index (χ3n) is 2.45. The van der Waals surface area contributed by atoms with Gasteiger partial charge in [0.2, 0.25) is 0 Å². The Hall–Kier alpha value is -1.76. The summed E-state index contributed by atoms with van der Waals surface area (Å²) in [5.74, 6) is 0.570. The normalized spacial score (nSPS) is 10.9. The SMILES string of the molecule is Cc1nc(=S)c2c(=O)n(C)c(=O)n(C)c2[nH]1. The lowest BCUT2D eigenvalue weighted by Crippen LogP contribution is -2.37. The van der Waals surface area contributed by atoms with E-state index in [9.17, 15) is 9.59 Å². The summed E-state index contributed by atoms with van der Waals surface area (Å²) in [6.45, 7) is 1.72. The summed E-state index contributed by atoms with van der Waals surface area (Å²) in [7, 11) is 2.99. The van der Waals surface area contributed by atoms with Gasteiger partial charge in [-0.3, -0.25) is 13.9 Å². The predicted octanol–water partition coefficient (Wildman–Crippen LogP) is -0.00179. The molecule has 84 valence electrons. The molecule has 0 aliphatic heterocycles. The maximum Gasteiger partial charge on any atom is 0.332 e. The minimum Gasteiger partial charge on any atom is -0.329 e. The van der Waals surface area contributed by atoms with Crippen molar-refractivity contribution in [2.45, 2.75) is 6.92 Å². The van der Waals surface area contributed by atoms with Crippen molar-refractivity contribution in [2.75, 3.05) is 0 Å². The molecular weight excluding hydrogens is 228 g/mol. The van der Waals surface area contributed by atoms with Crippen LogP contribution in [0.2, 0.25) is 0 Å². The van der Waals surface area contributed by atoms with Gasteiger partial charge in [-0.25, -0.2) is 9.78 Å². The van der Waals surface area contributed by atoms with E-state index in [2.05, 4.69) is 9.97 Å². The predicted molar refractivity (Wildman–Crippen MR) is 62.1 cm³/mol. The van der Waals surface area contributed by atoms with Gasteiger partial charge in [0.25, 0.3) is 5.56 Å². The molecule has 0 atom stereocenters. The Morgan fingerprint density at radius 2 is 1.88 bits per heavy atom. The molecule has 2 aromatic rings. The number of nitrogens with one attached hydrogen (secondary N) is 1. The van der Waals surface area contributed by atoms with Crippen molar-refractivity contribution < 1.29 is 0 Å². The molecule has 6 nitrogen and oxygen atoms in total. The Morgan fingerprint density at radius 1 is 1.25 bits per heavy atom. The van der Waals surface area contributed by atoms with Crippen molar-refractivity contribution in [2.24, 2.45) is 14.1 Å². The first kappa shape index (κ1) is 10.7. The lowest BCUT2D eigenvalue weighted by molar-refractivity contribution is 0.704. The first-order chi connectivity index (χ1) is 7.43. The molecule has 2 heterocycles. The second-order valence-electron chi connectivity index (χ2n) is 3.56. The standard InChI is InChI=1S/C9H10N4O2S/c1-4-10-6-5(7(16)11-4)8(14)13(3)9(15)12(6)2/h1-3H3,(H,10,11,16). The van der Waals surface area contributed by atoms with Gasteiger partial charge in [0.05, 0.1) is 0 Å². The lowest BCUT2D eigenvalue weighted by atomic mass is 10.4. The molecule has 0 unspecified atom stereocenters. The van der Waals surface area contributed by atoms with Crippen LogP contribution in [0.3, 0.4) is 0 Å². The first-order valence-electron chi connectivity index (χ1n) is 4.60. The summed E-state index contributed by atoms with van der Waals surface area (Å²) in [4.78, 5) is 30.4. The number of rotatable bonds is 0. The maximum absolute atomic E-state index is 11.9. The fraction of sp³-hybridized carbons (Fsp3) is 0.333. The Labute approximate surface area is 95.2 Å². The van der Waals surface area contributed by atoms with E-state index >= 15 is 0 Å². The number of aryl methyl sites for hydroxylation is 2. The van der Waals surface area contributed by atoms with Crippen LogP contribution in [0, 0.1) is 11.6 Å². The number of aromatic nitrogens is 4. The van der Waals surface area contributed by atoms with Gasteiger partial charge in [-0.1, -0.05) is 12.2 Å². The summed E-state index contributed by atoms with van der Waals surface area (Å²) < 4.78 is 2.58. The van der Waals surface area contributed by atoms with E-state index in [4.69, 9.17) is 12.2 Å². The molecule has 0 radical (unpaired) electrons. The minimum absolute atomic E-state index is 0.211. The summed E-state index contributed by atoms with van der Waals surface area (Å²) in [6.07, 6.45) is 0. The second-order valence-corrected chi connectivity index (χ2v) is 3.94. The van der Waals surface area contributed by atoms with Crippen LogP contribution in [0.5, 0.6) is 0 Å². The number of fused-ring (bicyclic) bond motifs is 1. The van der Waals surface area contributed by atoms with Crippen molar-refractivity contribution in [3.63, 3.8) is 0 Å². The fourth-order valence-electron chi connectivity index (χ4n) is 1.59. The Morgan fingerprint density at radius 3 is 2.50 bits per heavy atom. The van der Waals surface area contributed by atoms with Gasteiger partial charge < -0.3 is 4.98 Å². The van der Waals surface area contributed by atoms with Gasteiger partial charge in [-0.2, -0.15) is 0 Å². The van der Waals surface area contributed by atoms with Crippen LogP contribution >= 0.6 is 12.2 Å².